The monoisotopic (exact) mass is 1860 g/mol. The topological polar surface area (TPSA) is 48.7 Å². The summed E-state index contributed by atoms with van der Waals surface area (Å²) in [6.07, 6.45) is 0. The normalized spacial score (nSPS) is 7.05. The molecule has 0 unspecified atom stereocenters. The molecule has 0 fully saturated rings. The van der Waals surface area contributed by atoms with E-state index in [2.05, 4.69) is 18.2 Å². The van der Waals surface area contributed by atoms with Crippen molar-refractivity contribution in [2.75, 3.05) is 7.11 Å². The van der Waals surface area contributed by atoms with Gasteiger partial charge in [-0.25, -0.2) is 0 Å². The summed E-state index contributed by atoms with van der Waals surface area (Å²) in [5.41, 5.74) is 1.31. The predicted molar refractivity (Wildman–Crippen MR) is 251 cm³/mol. The van der Waals surface area contributed by atoms with E-state index < -0.39 is 0 Å². The molecule has 4 radical (unpaired) electrons. The van der Waals surface area contributed by atoms with E-state index in [1.807, 2.05) is 165 Å². The van der Waals surface area contributed by atoms with Crippen molar-refractivity contribution < 1.29 is 221 Å². The molecule has 0 amide bonds. The zero-order valence-corrected chi connectivity index (χ0v) is 63.3. The van der Waals surface area contributed by atoms with Gasteiger partial charge < -0.3 is 73.3 Å². The third-order valence-electron chi connectivity index (χ3n) is 6.49. The van der Waals surface area contributed by atoms with Crippen LogP contribution < -0.4 is 14.9 Å². The number of hydrogen-bond donors (Lipinski definition) is 0. The summed E-state index contributed by atoms with van der Waals surface area (Å²) in [5, 5.41) is 5.66. The molecule has 62 heavy (non-hydrogen) atoms. The zero-order chi connectivity index (χ0) is 33.9. The summed E-state index contributed by atoms with van der Waals surface area (Å²) < 4.78 is 17.0. The number of benzene rings is 6. The molecule has 7 aromatic rings. The molecule has 0 atom stereocenters. The van der Waals surface area contributed by atoms with E-state index in [9.17, 15) is 4.79 Å². The summed E-state index contributed by atoms with van der Waals surface area (Å²) in [6, 6.07) is 41.0. The quantitative estimate of drug-likeness (QED) is 0.100. The van der Waals surface area contributed by atoms with Crippen LogP contribution in [0.5, 0.6) is 17.2 Å². The van der Waals surface area contributed by atoms with Crippen LogP contribution in [-0.2, 0) is 145 Å². The van der Waals surface area contributed by atoms with E-state index in [0.717, 1.165) is 33.4 Å². The summed E-state index contributed by atoms with van der Waals surface area (Å²) in [7, 11) is 1.64. The van der Waals surface area contributed by atoms with Crippen LogP contribution in [0.1, 0.15) is 55.4 Å². The summed E-state index contributed by atoms with van der Waals surface area (Å²) >= 11 is 0. The molecule has 0 aliphatic rings. The molecule has 1 aromatic heterocycles. The van der Waals surface area contributed by atoms with Gasteiger partial charge in [-0.15, -0.1) is 0 Å². The van der Waals surface area contributed by atoms with E-state index in [0.29, 0.717) is 21.9 Å². The molecule has 0 aliphatic carbocycles. The maximum Gasteiger partial charge on any atom is 0.201 e. The van der Waals surface area contributed by atoms with Gasteiger partial charge in [0.1, 0.15) is 16.9 Å². The number of methoxy groups -OCH3 is 1. The largest absolute Gasteiger partial charge is 0.493 e. The number of para-hydroxylation sites is 3. The number of rotatable bonds is 3. The van der Waals surface area contributed by atoms with Crippen LogP contribution in [-0.4, -0.2) is 7.11 Å². The number of hydrogen-bond acceptors (Lipinski definition) is 4. The first-order chi connectivity index (χ1) is 22.7. The van der Waals surface area contributed by atoms with Gasteiger partial charge in [-0.05, 0) is 64.0 Å². The summed E-state index contributed by atoms with van der Waals surface area (Å²) in [6.45, 7) is 16.0. The van der Waals surface area contributed by atoms with Crippen LogP contribution in [0.3, 0.4) is 0 Å². The molecule has 7 rings (SSSR count). The van der Waals surface area contributed by atoms with Gasteiger partial charge in [-0.2, -0.15) is 0 Å². The molecule has 4 nitrogen and oxygen atoms in total. The van der Waals surface area contributed by atoms with Crippen molar-refractivity contribution in [1.82, 2.24) is 0 Å². The van der Waals surface area contributed by atoms with E-state index in [1.54, 1.807) is 7.11 Å². The molecule has 12 heteroatoms. The molecule has 6 aromatic carbocycles. The number of fused-ring (bicyclic) bond motifs is 5. The maximum atomic E-state index is 12.6. The molecular formula is C50H72O4U2V2W2Y2-8. The molecule has 0 saturated heterocycles. The minimum atomic E-state index is 0. The Hall–Kier alpha value is 1.77. The summed E-state index contributed by atoms with van der Waals surface area (Å²) in [4.78, 5) is 12.6. The minimum Gasteiger partial charge on any atom is -0.493 e. The third kappa shape index (κ3) is 31.0. The average molecular weight is 1860 g/mol. The molecule has 0 saturated carbocycles. The van der Waals surface area contributed by atoms with E-state index >= 15 is 0 Å². The van der Waals surface area contributed by atoms with Crippen molar-refractivity contribution >= 4 is 43.5 Å². The molecule has 0 N–H and O–H groups in total. The van der Waals surface area contributed by atoms with Crippen molar-refractivity contribution in [1.29, 1.82) is 0 Å². The van der Waals surface area contributed by atoms with Gasteiger partial charge in [0.2, 0.25) is 5.43 Å². The molecule has 340 valence electrons. The van der Waals surface area contributed by atoms with Gasteiger partial charge in [-0.1, -0.05) is 140 Å². The minimum absolute atomic E-state index is 0. The Kier molecular flexibility index (Phi) is 107. The fourth-order valence-corrected chi connectivity index (χ4v) is 4.63. The van der Waals surface area contributed by atoms with Crippen molar-refractivity contribution in [2.45, 2.75) is 55.4 Å². The van der Waals surface area contributed by atoms with Crippen molar-refractivity contribution in [2.24, 2.45) is 0 Å². The summed E-state index contributed by atoms with van der Waals surface area (Å²) in [5.74, 6) is 2.26. The van der Waals surface area contributed by atoms with Crippen LogP contribution in [0, 0.1) is 122 Å². The van der Waals surface area contributed by atoms with E-state index in [1.165, 1.54) is 5.39 Å². The van der Waals surface area contributed by atoms with Gasteiger partial charge in [0.25, 0.3) is 0 Å². The Morgan fingerprint density at radius 1 is 0.435 bits per heavy atom. The smallest absolute Gasteiger partial charge is 0.201 e. The Labute approximate surface area is 532 Å². The third-order valence-corrected chi connectivity index (χ3v) is 6.49. The SMILES string of the molecule is CC.CC.CC.CC.COc1ccccc1Oc1ccc2ccccc2c1.O=c1c2ccccc2oc2ccc3ccccc3c12.[CH3-].[CH3-].[CH3-].[CH3-].[CH3-].[CH3-].[CH3-].[CH3-].[U].[U].[V].[V].[W].[W].[Y].[Y]. The van der Waals surface area contributed by atoms with Gasteiger partial charge in [0, 0.05) is 207 Å². The fraction of sp³-hybridized carbons (Fsp3) is 0.180. The van der Waals surface area contributed by atoms with Crippen molar-refractivity contribution in [3.05, 3.63) is 197 Å². The molecule has 0 spiro atoms. The Bertz CT molecular complexity index is 2020. The van der Waals surface area contributed by atoms with Crippen molar-refractivity contribution in [3.8, 4) is 17.2 Å². The molecule has 0 aliphatic heterocycles. The maximum absolute atomic E-state index is 12.6. The zero-order valence-electron chi connectivity index (χ0n) is 40.6. The van der Waals surface area contributed by atoms with Crippen LogP contribution in [0.2, 0.25) is 0 Å². The Morgan fingerprint density at radius 3 is 1.32 bits per heavy atom. The average Bonchev–Trinajstić information content (AvgIpc) is 3.15. The van der Waals surface area contributed by atoms with Crippen LogP contribution in [0.15, 0.2) is 137 Å². The second-order valence-electron chi connectivity index (χ2n) is 8.85. The van der Waals surface area contributed by atoms with Crippen LogP contribution in [0.4, 0.5) is 0 Å². The first-order valence-corrected chi connectivity index (χ1v) is 16.3. The fourth-order valence-electron chi connectivity index (χ4n) is 4.63. The Morgan fingerprint density at radius 2 is 0.823 bits per heavy atom. The van der Waals surface area contributed by atoms with Gasteiger partial charge in [-0.3, -0.25) is 4.79 Å². The molecular weight excluding hydrogens is 1790 g/mol. The van der Waals surface area contributed by atoms with Gasteiger partial charge in [0.05, 0.1) is 17.9 Å². The van der Waals surface area contributed by atoms with Crippen molar-refractivity contribution in [3.63, 3.8) is 0 Å². The second-order valence-corrected chi connectivity index (χ2v) is 8.85. The van der Waals surface area contributed by atoms with Crippen LogP contribution >= 0.6 is 0 Å². The molecule has 0 bridgehead atoms. The first-order valence-electron chi connectivity index (χ1n) is 16.3. The van der Waals surface area contributed by atoms with Gasteiger partial charge >= 0.3 is 0 Å². The number of ether oxygens (including phenoxy) is 2. The van der Waals surface area contributed by atoms with Gasteiger partial charge in [0.15, 0.2) is 11.5 Å². The van der Waals surface area contributed by atoms with Crippen LogP contribution in [0.25, 0.3) is 43.5 Å². The Balaban J connectivity index is -0.0000000386. The predicted octanol–water partition coefficient (Wildman–Crippen LogP) is 16.4. The van der Waals surface area contributed by atoms with E-state index in [-0.39, 0.29) is 272 Å². The van der Waals surface area contributed by atoms with E-state index in [4.69, 9.17) is 13.9 Å². The first kappa shape index (κ1) is 106. The standard InChI is InChI=1S/C17H10O2.C17H14O2.4C2H6.8CH3.2U.2V.2W.2Y/c18-17-13-7-3-4-8-14(13)19-15-10-9-11-5-1-2-6-12(11)16(15)17;1-18-16-8-4-5-9-17(16)19-15-11-10-13-6-2-3-7-14(13)12-15;4*1-2;;;;;;;;;;;;;;;;/h1-10H;2-12H,1H3;4*1-2H3;8*1H3;;;;;;;;/q;;;;;;8*-1;;;;;;;;. The molecule has 1 heterocycles. The second kappa shape index (κ2) is 62.8.